The minimum absolute atomic E-state index is 0.0187. The minimum atomic E-state index is -0.0819. The number of carbonyl (C=O) groups is 2. The SMILES string of the molecule is C[C@@H]1CN2C[C@H]3CCC4=C(C(=O)CC4)[C@H]4C(=O)C1CC2[C@@]34C. The summed E-state index contributed by atoms with van der Waals surface area (Å²) < 4.78 is 0. The summed E-state index contributed by atoms with van der Waals surface area (Å²) >= 11 is 0. The molecule has 5 rings (SSSR count). The molecule has 2 unspecified atom stereocenters. The first-order chi connectivity index (χ1) is 10.5. The van der Waals surface area contributed by atoms with Gasteiger partial charge in [-0.3, -0.25) is 14.5 Å². The third kappa shape index (κ3) is 1.38. The van der Waals surface area contributed by atoms with E-state index < -0.39 is 0 Å². The third-order valence-electron chi connectivity index (χ3n) is 7.87. The lowest BCUT2D eigenvalue weighted by Gasteiger charge is -2.53. The molecule has 2 bridgehead atoms. The first-order valence-electron chi connectivity index (χ1n) is 9.04. The minimum Gasteiger partial charge on any atom is -0.299 e. The summed E-state index contributed by atoms with van der Waals surface area (Å²) in [6.45, 7) is 6.82. The smallest absolute Gasteiger partial charge is 0.159 e. The summed E-state index contributed by atoms with van der Waals surface area (Å²) in [6, 6.07) is 0.529. The van der Waals surface area contributed by atoms with Crippen molar-refractivity contribution >= 4 is 11.6 Å². The Hall–Kier alpha value is -0.960. The summed E-state index contributed by atoms with van der Waals surface area (Å²) in [5.74, 6) is 1.87. The molecule has 118 valence electrons. The number of nitrogens with zero attached hydrogens (tertiary/aromatic N) is 1. The standard InChI is InChI=1S/C19H25NO2/c1-10-8-20-9-12-5-3-11-4-6-14(21)16(11)17-18(22)13(10)7-15(20)19(12,17)2/h10,12-13,15,17H,3-9H2,1-2H3/t10-,12-,13?,15?,17+,19-/m1/s1. The molecule has 5 aliphatic rings. The maximum Gasteiger partial charge on any atom is 0.159 e. The van der Waals surface area contributed by atoms with Crippen LogP contribution in [0.1, 0.15) is 46.0 Å². The van der Waals surface area contributed by atoms with Crippen LogP contribution in [0.3, 0.4) is 0 Å². The van der Waals surface area contributed by atoms with Gasteiger partial charge in [-0.05, 0) is 37.5 Å². The summed E-state index contributed by atoms with van der Waals surface area (Å²) in [6.07, 6.45) is 4.86. The monoisotopic (exact) mass is 299 g/mol. The highest BCUT2D eigenvalue weighted by molar-refractivity contribution is 6.06. The molecule has 0 amide bonds. The van der Waals surface area contributed by atoms with Crippen LogP contribution in [0.5, 0.6) is 0 Å². The molecule has 2 heterocycles. The number of rotatable bonds is 0. The van der Waals surface area contributed by atoms with Crippen molar-refractivity contribution in [3.63, 3.8) is 0 Å². The van der Waals surface area contributed by atoms with Gasteiger partial charge in [0.25, 0.3) is 0 Å². The lowest BCUT2D eigenvalue weighted by Crippen LogP contribution is -2.60. The Balaban J connectivity index is 1.73. The summed E-state index contributed by atoms with van der Waals surface area (Å²) in [5, 5.41) is 0. The van der Waals surface area contributed by atoms with Gasteiger partial charge in [0, 0.05) is 42.5 Å². The largest absolute Gasteiger partial charge is 0.299 e. The van der Waals surface area contributed by atoms with Crippen LogP contribution in [0.4, 0.5) is 0 Å². The summed E-state index contributed by atoms with van der Waals surface area (Å²) in [7, 11) is 0. The average molecular weight is 299 g/mol. The molecule has 1 saturated carbocycles. The number of ketones is 2. The Morgan fingerprint density at radius 1 is 1.14 bits per heavy atom. The molecule has 2 saturated heterocycles. The third-order valence-corrected chi connectivity index (χ3v) is 7.87. The van der Waals surface area contributed by atoms with Crippen LogP contribution in [0.2, 0.25) is 0 Å². The van der Waals surface area contributed by atoms with Crippen molar-refractivity contribution in [3.8, 4) is 0 Å². The molecule has 6 atom stereocenters. The molecule has 3 fully saturated rings. The van der Waals surface area contributed by atoms with Crippen molar-refractivity contribution in [3.05, 3.63) is 11.1 Å². The Kier molecular flexibility index (Phi) is 2.52. The molecular weight excluding hydrogens is 274 g/mol. The fourth-order valence-corrected chi connectivity index (χ4v) is 6.75. The van der Waals surface area contributed by atoms with Crippen LogP contribution in [-0.2, 0) is 9.59 Å². The quantitative estimate of drug-likeness (QED) is 0.690. The van der Waals surface area contributed by atoms with E-state index in [4.69, 9.17) is 0 Å². The normalized spacial score (nSPS) is 50.4. The highest BCUT2D eigenvalue weighted by atomic mass is 16.1. The lowest BCUT2D eigenvalue weighted by molar-refractivity contribution is -0.144. The van der Waals surface area contributed by atoms with Crippen LogP contribution < -0.4 is 0 Å². The molecule has 3 nitrogen and oxygen atoms in total. The van der Waals surface area contributed by atoms with Crippen molar-refractivity contribution < 1.29 is 9.59 Å². The highest BCUT2D eigenvalue weighted by Gasteiger charge is 2.65. The molecule has 2 aliphatic heterocycles. The van der Waals surface area contributed by atoms with Gasteiger partial charge in [0.15, 0.2) is 5.78 Å². The van der Waals surface area contributed by atoms with Gasteiger partial charge in [0.05, 0.1) is 5.92 Å². The second kappa shape index (κ2) is 4.11. The number of allylic oxidation sites excluding steroid dienone is 2. The van der Waals surface area contributed by atoms with Gasteiger partial charge in [0.2, 0.25) is 0 Å². The van der Waals surface area contributed by atoms with E-state index in [0.29, 0.717) is 35.9 Å². The molecule has 0 aromatic heterocycles. The number of fused-ring (bicyclic) bond motifs is 2. The molecule has 0 radical (unpaired) electrons. The van der Waals surface area contributed by atoms with Crippen LogP contribution >= 0.6 is 0 Å². The second-order valence-electron chi connectivity index (χ2n) is 8.67. The van der Waals surface area contributed by atoms with Gasteiger partial charge >= 0.3 is 0 Å². The van der Waals surface area contributed by atoms with Gasteiger partial charge in [-0.2, -0.15) is 0 Å². The van der Waals surface area contributed by atoms with E-state index in [9.17, 15) is 9.59 Å². The van der Waals surface area contributed by atoms with Crippen LogP contribution in [0.15, 0.2) is 11.1 Å². The molecule has 0 aromatic carbocycles. The van der Waals surface area contributed by atoms with E-state index >= 15 is 0 Å². The molecule has 0 N–H and O–H groups in total. The maximum absolute atomic E-state index is 13.4. The van der Waals surface area contributed by atoms with Crippen molar-refractivity contribution in [1.29, 1.82) is 0 Å². The maximum atomic E-state index is 13.4. The summed E-state index contributed by atoms with van der Waals surface area (Å²) in [5.41, 5.74) is 2.35. The molecule has 0 spiro atoms. The van der Waals surface area contributed by atoms with Crippen molar-refractivity contribution in [2.45, 2.75) is 52.0 Å². The van der Waals surface area contributed by atoms with Gasteiger partial charge in [-0.25, -0.2) is 0 Å². The highest BCUT2D eigenvalue weighted by Crippen LogP contribution is 2.62. The Bertz CT molecular complexity index is 621. The van der Waals surface area contributed by atoms with E-state index in [1.165, 1.54) is 12.0 Å². The number of hydrogen-bond donors (Lipinski definition) is 0. The molecule has 3 aliphatic carbocycles. The fourth-order valence-electron chi connectivity index (χ4n) is 6.75. The second-order valence-corrected chi connectivity index (χ2v) is 8.67. The van der Waals surface area contributed by atoms with E-state index in [-0.39, 0.29) is 17.3 Å². The van der Waals surface area contributed by atoms with Gasteiger partial charge in [-0.15, -0.1) is 0 Å². The van der Waals surface area contributed by atoms with Gasteiger partial charge in [0.1, 0.15) is 5.78 Å². The number of hydrogen-bond acceptors (Lipinski definition) is 3. The Labute approximate surface area is 132 Å². The first-order valence-corrected chi connectivity index (χ1v) is 9.04. The Morgan fingerprint density at radius 2 is 1.95 bits per heavy atom. The van der Waals surface area contributed by atoms with E-state index in [2.05, 4.69) is 18.7 Å². The van der Waals surface area contributed by atoms with E-state index in [1.807, 2.05) is 0 Å². The van der Waals surface area contributed by atoms with E-state index in [1.54, 1.807) is 0 Å². The van der Waals surface area contributed by atoms with E-state index in [0.717, 1.165) is 37.9 Å². The molecule has 0 aromatic rings. The van der Waals surface area contributed by atoms with Crippen molar-refractivity contribution in [2.75, 3.05) is 13.1 Å². The zero-order valence-electron chi connectivity index (χ0n) is 13.6. The first kappa shape index (κ1) is 13.5. The number of piperidine rings is 1. The number of Topliss-reactive ketones (excluding diaryl/α,β-unsaturated/α-hetero) is 2. The van der Waals surface area contributed by atoms with Gasteiger partial charge < -0.3 is 0 Å². The van der Waals surface area contributed by atoms with Crippen molar-refractivity contribution in [1.82, 2.24) is 4.90 Å². The molecule has 3 heteroatoms. The predicted octanol–water partition coefficient (Wildman–Crippen LogP) is 2.60. The zero-order chi connectivity index (χ0) is 15.2. The van der Waals surface area contributed by atoms with Crippen LogP contribution in [0.25, 0.3) is 0 Å². The summed E-state index contributed by atoms with van der Waals surface area (Å²) in [4.78, 5) is 28.7. The van der Waals surface area contributed by atoms with Gasteiger partial charge in [-0.1, -0.05) is 19.4 Å². The van der Waals surface area contributed by atoms with Crippen LogP contribution in [0, 0.1) is 29.1 Å². The topological polar surface area (TPSA) is 37.4 Å². The predicted molar refractivity (Wildman–Crippen MR) is 83.2 cm³/mol. The fraction of sp³-hybridized carbons (Fsp3) is 0.789. The lowest BCUT2D eigenvalue weighted by atomic mass is 9.53. The average Bonchev–Trinajstić information content (AvgIpc) is 2.92. The zero-order valence-corrected chi connectivity index (χ0v) is 13.6. The molecule has 22 heavy (non-hydrogen) atoms. The van der Waals surface area contributed by atoms with Crippen molar-refractivity contribution in [2.24, 2.45) is 29.1 Å². The molecular formula is C19H25NO2. The van der Waals surface area contributed by atoms with Crippen LogP contribution in [-0.4, -0.2) is 35.6 Å². The number of carbonyl (C=O) groups excluding carboxylic acids is 2. The Morgan fingerprint density at radius 3 is 2.77 bits per heavy atom.